The lowest BCUT2D eigenvalue weighted by Gasteiger charge is -2.31. The molecule has 0 aromatic heterocycles. The molecule has 0 bridgehead atoms. The molecule has 4 aromatic rings. The maximum Gasteiger partial charge on any atom is 0.309 e. The molecule has 1 aliphatic rings. The number of esters is 1. The number of carbonyl (C=O) groups excluding carboxylic acids is 2. The van der Waals surface area contributed by atoms with Crippen LogP contribution in [0.4, 0.5) is 0 Å². The van der Waals surface area contributed by atoms with Crippen LogP contribution >= 0.6 is 0 Å². The van der Waals surface area contributed by atoms with Gasteiger partial charge in [-0.1, -0.05) is 54.6 Å². The summed E-state index contributed by atoms with van der Waals surface area (Å²) < 4.78 is 10.9. The number of carbonyl (C=O) groups is 2. The highest BCUT2D eigenvalue weighted by Gasteiger charge is 2.29. The first-order valence-electron chi connectivity index (χ1n) is 11.6. The van der Waals surface area contributed by atoms with Crippen LogP contribution in [0.25, 0.3) is 21.5 Å². The fourth-order valence-corrected chi connectivity index (χ4v) is 4.66. The van der Waals surface area contributed by atoms with Crippen LogP contribution in [0, 0.1) is 5.92 Å². The van der Waals surface area contributed by atoms with Gasteiger partial charge in [-0.3, -0.25) is 9.59 Å². The SMILES string of the molecule is COc1ccc2cc(COC(=O)C3CCN(C(=O)c4cccc5ccccc45)CC3)ccc2c1. The summed E-state index contributed by atoms with van der Waals surface area (Å²) in [5, 5.41) is 4.18. The summed E-state index contributed by atoms with van der Waals surface area (Å²) in [6.07, 6.45) is 1.24. The minimum atomic E-state index is -0.188. The Hall–Kier alpha value is -3.86. The summed E-state index contributed by atoms with van der Waals surface area (Å²) in [5.41, 5.74) is 1.67. The fourth-order valence-electron chi connectivity index (χ4n) is 4.66. The molecule has 0 atom stereocenters. The van der Waals surface area contributed by atoms with Crippen LogP contribution in [0.2, 0.25) is 0 Å². The first-order valence-corrected chi connectivity index (χ1v) is 11.6. The Morgan fingerprint density at radius 1 is 0.853 bits per heavy atom. The lowest BCUT2D eigenvalue weighted by atomic mass is 9.95. The van der Waals surface area contributed by atoms with E-state index in [9.17, 15) is 9.59 Å². The predicted molar refractivity (Wildman–Crippen MR) is 133 cm³/mol. The van der Waals surface area contributed by atoms with Crippen LogP contribution in [0.3, 0.4) is 0 Å². The topological polar surface area (TPSA) is 55.8 Å². The van der Waals surface area contributed by atoms with Gasteiger partial charge in [0.25, 0.3) is 5.91 Å². The fraction of sp³-hybridized carbons (Fsp3) is 0.241. The third-order valence-corrected chi connectivity index (χ3v) is 6.63. The van der Waals surface area contributed by atoms with Crippen molar-refractivity contribution in [3.8, 4) is 5.75 Å². The Morgan fingerprint density at radius 3 is 2.41 bits per heavy atom. The van der Waals surface area contributed by atoms with Crippen LogP contribution in [0.15, 0.2) is 78.9 Å². The molecule has 1 heterocycles. The number of nitrogens with zero attached hydrogens (tertiary/aromatic N) is 1. The highest BCUT2D eigenvalue weighted by atomic mass is 16.5. The number of benzene rings is 4. The van der Waals surface area contributed by atoms with Crippen LogP contribution in [0.5, 0.6) is 5.75 Å². The summed E-state index contributed by atoms with van der Waals surface area (Å²) in [5.74, 6) is 0.474. The first-order chi connectivity index (χ1) is 16.6. The van der Waals surface area contributed by atoms with Crippen LogP contribution in [-0.4, -0.2) is 37.0 Å². The minimum absolute atomic E-state index is 0.0245. The van der Waals surface area contributed by atoms with Gasteiger partial charge in [0.15, 0.2) is 0 Å². The molecule has 1 fully saturated rings. The Morgan fingerprint density at radius 2 is 1.59 bits per heavy atom. The van der Waals surface area contributed by atoms with E-state index in [1.54, 1.807) is 7.11 Å². The monoisotopic (exact) mass is 453 g/mol. The van der Waals surface area contributed by atoms with Gasteiger partial charge < -0.3 is 14.4 Å². The molecule has 4 aromatic carbocycles. The van der Waals surface area contributed by atoms with Crippen LogP contribution in [-0.2, 0) is 16.1 Å². The Bertz CT molecular complexity index is 1350. The van der Waals surface area contributed by atoms with E-state index < -0.39 is 0 Å². The molecule has 0 radical (unpaired) electrons. The molecule has 5 rings (SSSR count). The van der Waals surface area contributed by atoms with Crippen molar-refractivity contribution in [1.29, 1.82) is 0 Å². The molecule has 172 valence electrons. The van der Waals surface area contributed by atoms with E-state index in [1.165, 1.54) is 0 Å². The summed E-state index contributed by atoms with van der Waals surface area (Å²) in [6, 6.07) is 25.7. The molecule has 1 saturated heterocycles. The third-order valence-electron chi connectivity index (χ3n) is 6.63. The molecular weight excluding hydrogens is 426 g/mol. The smallest absolute Gasteiger partial charge is 0.309 e. The lowest BCUT2D eigenvalue weighted by Crippen LogP contribution is -2.40. The van der Waals surface area contributed by atoms with Gasteiger partial charge >= 0.3 is 5.97 Å². The van der Waals surface area contributed by atoms with E-state index >= 15 is 0 Å². The molecular formula is C29H27NO4. The van der Waals surface area contributed by atoms with Crippen molar-refractivity contribution in [1.82, 2.24) is 4.90 Å². The normalized spacial score (nSPS) is 14.3. The number of fused-ring (bicyclic) bond motifs is 2. The molecule has 5 nitrogen and oxygen atoms in total. The zero-order valence-corrected chi connectivity index (χ0v) is 19.2. The highest BCUT2D eigenvalue weighted by Crippen LogP contribution is 2.25. The standard InChI is InChI=1S/C29H27NO4/c1-33-25-12-11-23-17-20(9-10-24(23)18-25)19-34-29(32)22-13-15-30(16-14-22)28(31)27-8-4-6-21-5-2-3-7-26(21)27/h2-12,17-18,22H,13-16,19H2,1H3. The van der Waals surface area contributed by atoms with Crippen molar-refractivity contribution in [2.45, 2.75) is 19.4 Å². The van der Waals surface area contributed by atoms with Crippen molar-refractivity contribution in [3.63, 3.8) is 0 Å². The third kappa shape index (κ3) is 4.46. The summed E-state index contributed by atoms with van der Waals surface area (Å²) in [4.78, 5) is 27.7. The van der Waals surface area contributed by atoms with Crippen LogP contribution in [0.1, 0.15) is 28.8 Å². The van der Waals surface area contributed by atoms with Gasteiger partial charge in [0.05, 0.1) is 13.0 Å². The van der Waals surface area contributed by atoms with E-state index in [-0.39, 0.29) is 24.4 Å². The van der Waals surface area contributed by atoms with Gasteiger partial charge in [-0.15, -0.1) is 0 Å². The number of piperidine rings is 1. The van der Waals surface area contributed by atoms with Crippen molar-refractivity contribution in [2.24, 2.45) is 5.92 Å². The van der Waals surface area contributed by atoms with Crippen molar-refractivity contribution < 1.29 is 19.1 Å². The van der Waals surface area contributed by atoms with Gasteiger partial charge in [0.1, 0.15) is 12.4 Å². The molecule has 0 spiro atoms. The second kappa shape index (κ2) is 9.56. The molecule has 0 N–H and O–H groups in total. The van der Waals surface area contributed by atoms with Crippen LogP contribution < -0.4 is 4.74 Å². The minimum Gasteiger partial charge on any atom is -0.497 e. The van der Waals surface area contributed by atoms with Gasteiger partial charge in [0.2, 0.25) is 0 Å². The largest absolute Gasteiger partial charge is 0.497 e. The molecule has 5 heteroatoms. The van der Waals surface area contributed by atoms with E-state index in [1.807, 2.05) is 83.8 Å². The number of methoxy groups -OCH3 is 1. The Labute approximate surface area is 198 Å². The van der Waals surface area contributed by atoms with Crippen molar-refractivity contribution in [2.75, 3.05) is 20.2 Å². The lowest BCUT2D eigenvalue weighted by molar-refractivity contribution is -0.151. The first kappa shape index (κ1) is 22.0. The summed E-state index contributed by atoms with van der Waals surface area (Å²) in [7, 11) is 1.65. The highest BCUT2D eigenvalue weighted by molar-refractivity contribution is 6.07. The second-order valence-electron chi connectivity index (χ2n) is 8.75. The van der Waals surface area contributed by atoms with Crippen molar-refractivity contribution >= 4 is 33.4 Å². The summed E-state index contributed by atoms with van der Waals surface area (Å²) in [6.45, 7) is 1.36. The Kier molecular flexibility index (Phi) is 6.17. The van der Waals surface area contributed by atoms with Gasteiger partial charge in [-0.25, -0.2) is 0 Å². The Balaban J connectivity index is 1.17. The second-order valence-corrected chi connectivity index (χ2v) is 8.75. The zero-order chi connectivity index (χ0) is 23.5. The van der Waals surface area contributed by atoms with Crippen molar-refractivity contribution in [3.05, 3.63) is 90.0 Å². The number of rotatable bonds is 5. The molecule has 34 heavy (non-hydrogen) atoms. The number of amides is 1. The number of hydrogen-bond acceptors (Lipinski definition) is 4. The molecule has 0 aliphatic carbocycles. The molecule has 1 amide bonds. The van der Waals surface area contributed by atoms with E-state index in [0.717, 1.165) is 32.9 Å². The molecule has 1 aliphatic heterocycles. The van der Waals surface area contributed by atoms with Gasteiger partial charge in [0, 0.05) is 18.7 Å². The average Bonchev–Trinajstić information content (AvgIpc) is 2.90. The van der Waals surface area contributed by atoms with E-state index in [0.29, 0.717) is 31.5 Å². The number of likely N-dealkylation sites (tertiary alicyclic amines) is 1. The van der Waals surface area contributed by atoms with Gasteiger partial charge in [-0.05, 0) is 64.2 Å². The van der Waals surface area contributed by atoms with Gasteiger partial charge in [-0.2, -0.15) is 0 Å². The van der Waals surface area contributed by atoms with E-state index in [2.05, 4.69) is 0 Å². The number of hydrogen-bond donors (Lipinski definition) is 0. The summed E-state index contributed by atoms with van der Waals surface area (Å²) >= 11 is 0. The zero-order valence-electron chi connectivity index (χ0n) is 19.2. The molecule has 0 unspecified atom stereocenters. The number of ether oxygens (including phenoxy) is 2. The average molecular weight is 454 g/mol. The maximum absolute atomic E-state index is 13.2. The predicted octanol–water partition coefficient (Wildman–Crippen LogP) is 5.60. The maximum atomic E-state index is 13.2. The van der Waals surface area contributed by atoms with E-state index in [4.69, 9.17) is 9.47 Å². The quantitative estimate of drug-likeness (QED) is 0.369. The molecule has 0 saturated carbocycles.